The van der Waals surface area contributed by atoms with E-state index in [-0.39, 0.29) is 17.9 Å². The first-order valence-electron chi connectivity index (χ1n) is 12.9. The van der Waals surface area contributed by atoms with Crippen LogP contribution in [0.4, 0.5) is 5.69 Å². The molecule has 0 saturated heterocycles. The number of para-hydroxylation sites is 1. The minimum absolute atomic E-state index is 0.0296. The van der Waals surface area contributed by atoms with Gasteiger partial charge in [-0.25, -0.2) is 0 Å². The summed E-state index contributed by atoms with van der Waals surface area (Å²) in [7, 11) is -13.0. The summed E-state index contributed by atoms with van der Waals surface area (Å²) in [5.74, 6) is -1.43. The molecule has 1 aliphatic heterocycles. The molecular weight excluding hydrogens is 591 g/mol. The number of hydrogen-bond donors (Lipinski definition) is 3. The Morgan fingerprint density at radius 3 is 2.07 bits per heavy atom. The number of rotatable bonds is 9. The quantitative estimate of drug-likeness (QED) is 0.276. The second-order valence-electron chi connectivity index (χ2n) is 11.4. The van der Waals surface area contributed by atoms with Gasteiger partial charge in [0.25, 0.3) is 30.4 Å². The average molecular weight is 625 g/mol. The summed E-state index contributed by atoms with van der Waals surface area (Å²) in [5, 5.41) is 0. The maximum Gasteiger partial charge on any atom is 0.294 e. The summed E-state index contributed by atoms with van der Waals surface area (Å²) in [4.78, 5) is -0.273. The van der Waals surface area contributed by atoms with Crippen LogP contribution in [0.1, 0.15) is 56.7 Å². The second-order valence-corrected chi connectivity index (χ2v) is 16.0. The fraction of sp³-hybridized carbons (Fsp3) is 0.393. The maximum absolute atomic E-state index is 11.8. The summed E-state index contributed by atoms with van der Waals surface area (Å²) in [5.41, 5.74) is 3.42. The summed E-state index contributed by atoms with van der Waals surface area (Å²) in [6, 6.07) is 11.8. The van der Waals surface area contributed by atoms with Crippen molar-refractivity contribution in [1.29, 1.82) is 0 Å². The van der Waals surface area contributed by atoms with E-state index in [2.05, 4.69) is 0 Å². The van der Waals surface area contributed by atoms with Crippen LogP contribution in [0, 0.1) is 0 Å². The average Bonchev–Trinajstić information content (AvgIpc) is 3.18. The van der Waals surface area contributed by atoms with Gasteiger partial charge in [-0.3, -0.25) is 13.7 Å². The standard InChI is InChI=1S/C28H33NO9S3/c1-27(2)22(21(14-16-39(30,31)32)20-13-12-19(18-24(20)27)41(36,37)38)9-7-11-26-28(3,4)23-8-5-6-10-25(23)29(26)15-17-40(33,34)35/h5-13,18,21H,14-17H2,1-4H3,(H2-,30,31,32,33,34,35,36,37,38)/p+1/b11-7?,22-9-. The Morgan fingerprint density at radius 1 is 0.829 bits per heavy atom. The molecule has 0 spiro atoms. The number of benzene rings is 2. The molecule has 13 heteroatoms. The van der Waals surface area contributed by atoms with Crippen LogP contribution in [0.25, 0.3) is 0 Å². The fourth-order valence-corrected chi connectivity index (χ4v) is 7.49. The Labute approximate surface area is 241 Å². The van der Waals surface area contributed by atoms with E-state index in [0.717, 1.165) is 22.5 Å². The Hall–Kier alpha value is -2.68. The van der Waals surface area contributed by atoms with E-state index in [1.165, 1.54) is 12.1 Å². The van der Waals surface area contributed by atoms with Crippen molar-refractivity contribution in [3.05, 3.63) is 83.0 Å². The number of fused-ring (bicyclic) bond motifs is 2. The van der Waals surface area contributed by atoms with Crippen LogP contribution in [0.2, 0.25) is 0 Å². The van der Waals surface area contributed by atoms with Gasteiger partial charge < -0.3 is 0 Å². The first-order valence-corrected chi connectivity index (χ1v) is 17.5. The third kappa shape index (κ3) is 6.40. The van der Waals surface area contributed by atoms with Gasteiger partial charge in [0.2, 0.25) is 5.69 Å². The van der Waals surface area contributed by atoms with Gasteiger partial charge in [-0.15, -0.1) is 0 Å². The van der Waals surface area contributed by atoms with Crippen molar-refractivity contribution in [2.45, 2.75) is 55.8 Å². The zero-order chi connectivity index (χ0) is 30.6. The molecule has 0 radical (unpaired) electrons. The largest absolute Gasteiger partial charge is 0.294 e. The second kappa shape index (κ2) is 10.5. The molecule has 222 valence electrons. The molecule has 1 aliphatic carbocycles. The van der Waals surface area contributed by atoms with Crippen molar-refractivity contribution >= 4 is 41.8 Å². The van der Waals surface area contributed by atoms with Crippen LogP contribution in [0.15, 0.2) is 71.2 Å². The van der Waals surface area contributed by atoms with Crippen LogP contribution < -0.4 is 0 Å². The van der Waals surface area contributed by atoms with Crippen molar-refractivity contribution in [1.82, 2.24) is 0 Å². The Morgan fingerprint density at radius 2 is 1.46 bits per heavy atom. The third-order valence-electron chi connectivity index (χ3n) is 8.04. The lowest BCUT2D eigenvalue weighted by molar-refractivity contribution is -0.432. The molecule has 10 nitrogen and oxygen atoms in total. The molecule has 0 bridgehead atoms. The lowest BCUT2D eigenvalue weighted by atomic mass is 9.79. The van der Waals surface area contributed by atoms with Gasteiger partial charge in [-0.05, 0) is 43.5 Å². The topological polar surface area (TPSA) is 166 Å². The molecule has 2 aromatic rings. The van der Waals surface area contributed by atoms with Gasteiger partial charge in [0.1, 0.15) is 5.75 Å². The van der Waals surface area contributed by atoms with E-state index < -0.39 is 58.6 Å². The molecule has 1 atom stereocenters. The minimum atomic E-state index is -4.47. The Bertz CT molecular complexity index is 1820. The predicted octanol–water partition coefficient (Wildman–Crippen LogP) is 4.03. The SMILES string of the molecule is CC1(C)C(C=C/C=C2/C(CCS(=O)(=O)O)c3ccc(S(=O)(=O)O)cc3C2(C)C)=[N+](CCS(=O)(=O)O)c2ccccc21. The van der Waals surface area contributed by atoms with Crippen molar-refractivity contribution in [3.63, 3.8) is 0 Å². The van der Waals surface area contributed by atoms with Crippen molar-refractivity contribution in [2.75, 3.05) is 18.1 Å². The molecule has 2 aliphatic rings. The highest BCUT2D eigenvalue weighted by molar-refractivity contribution is 7.86. The smallest absolute Gasteiger partial charge is 0.286 e. The molecule has 4 rings (SSSR count). The van der Waals surface area contributed by atoms with Crippen molar-refractivity contribution in [2.24, 2.45) is 0 Å². The van der Waals surface area contributed by atoms with E-state index in [0.29, 0.717) is 11.1 Å². The van der Waals surface area contributed by atoms with Crippen LogP contribution in [0.5, 0.6) is 0 Å². The Balaban J connectivity index is 1.82. The van der Waals surface area contributed by atoms with Crippen LogP contribution in [0.3, 0.4) is 0 Å². The summed E-state index contributed by atoms with van der Waals surface area (Å²) in [6.45, 7) is 7.78. The maximum atomic E-state index is 11.8. The normalized spacial score (nSPS) is 21.0. The third-order valence-corrected chi connectivity index (χ3v) is 10.3. The monoisotopic (exact) mass is 624 g/mol. The van der Waals surface area contributed by atoms with Gasteiger partial charge in [0, 0.05) is 29.0 Å². The van der Waals surface area contributed by atoms with Gasteiger partial charge in [-0.2, -0.15) is 29.8 Å². The summed E-state index contributed by atoms with van der Waals surface area (Å²) in [6.07, 6.45) is 5.51. The molecule has 0 fully saturated rings. The van der Waals surface area contributed by atoms with Gasteiger partial charge >= 0.3 is 0 Å². The van der Waals surface area contributed by atoms with Crippen LogP contribution in [-0.4, -0.2) is 67.2 Å². The molecule has 0 saturated carbocycles. The minimum Gasteiger partial charge on any atom is -0.286 e. The van der Waals surface area contributed by atoms with Gasteiger partial charge in [-0.1, -0.05) is 55.8 Å². The Kier molecular flexibility index (Phi) is 8.04. The molecule has 1 unspecified atom stereocenters. The molecule has 41 heavy (non-hydrogen) atoms. The summed E-state index contributed by atoms with van der Waals surface area (Å²) < 4.78 is 100. The van der Waals surface area contributed by atoms with E-state index in [4.69, 9.17) is 0 Å². The first kappa shape index (κ1) is 31.3. The molecule has 0 aromatic heterocycles. The van der Waals surface area contributed by atoms with E-state index in [1.54, 1.807) is 12.1 Å². The number of hydrogen-bond acceptors (Lipinski definition) is 6. The fourth-order valence-electron chi connectivity index (χ4n) is 6.03. The summed E-state index contributed by atoms with van der Waals surface area (Å²) >= 11 is 0. The number of allylic oxidation sites excluding steroid dienone is 4. The van der Waals surface area contributed by atoms with E-state index in [1.807, 2.05) is 68.7 Å². The highest BCUT2D eigenvalue weighted by Crippen LogP contribution is 2.52. The molecule has 0 amide bonds. The van der Waals surface area contributed by atoms with Crippen molar-refractivity contribution < 1.29 is 43.5 Å². The van der Waals surface area contributed by atoms with E-state index >= 15 is 0 Å². The molecule has 2 aromatic carbocycles. The highest BCUT2D eigenvalue weighted by atomic mass is 32.2. The van der Waals surface area contributed by atoms with Crippen molar-refractivity contribution in [3.8, 4) is 0 Å². The highest BCUT2D eigenvalue weighted by Gasteiger charge is 2.45. The molecule has 1 heterocycles. The zero-order valence-electron chi connectivity index (χ0n) is 23.1. The van der Waals surface area contributed by atoms with Crippen LogP contribution in [-0.2, 0) is 41.2 Å². The van der Waals surface area contributed by atoms with Gasteiger partial charge in [0.05, 0.1) is 16.1 Å². The molecule has 3 N–H and O–H groups in total. The van der Waals surface area contributed by atoms with Gasteiger partial charge in [0.15, 0.2) is 12.3 Å². The zero-order valence-corrected chi connectivity index (χ0v) is 25.6. The van der Waals surface area contributed by atoms with Crippen LogP contribution >= 0.6 is 0 Å². The van der Waals surface area contributed by atoms with E-state index in [9.17, 15) is 38.9 Å². The lowest BCUT2D eigenvalue weighted by Crippen LogP contribution is -2.29. The predicted molar refractivity (Wildman–Crippen MR) is 156 cm³/mol. The molecular formula is C28H34NO9S3+. The number of nitrogens with zero attached hydrogens (tertiary/aromatic N) is 1. The lowest BCUT2D eigenvalue weighted by Gasteiger charge is -2.24. The first-order chi connectivity index (χ1) is 18.7.